The van der Waals surface area contributed by atoms with E-state index in [1.54, 1.807) is 10.9 Å². The largest absolute Gasteiger partial charge is 0.494 e. The number of aromatic nitrogens is 5. The van der Waals surface area contributed by atoms with Gasteiger partial charge in [-0.3, -0.25) is 9.48 Å². The molecule has 1 saturated carbocycles. The van der Waals surface area contributed by atoms with Gasteiger partial charge >= 0.3 is 0 Å². The molecule has 3 aromatic rings. The maximum atomic E-state index is 13.7. The third kappa shape index (κ3) is 4.31. The van der Waals surface area contributed by atoms with Gasteiger partial charge in [-0.05, 0) is 37.5 Å². The average Bonchev–Trinajstić information content (AvgIpc) is 3.42. The molecule has 8 nitrogen and oxygen atoms in total. The second-order valence-corrected chi connectivity index (χ2v) is 8.44. The van der Waals surface area contributed by atoms with E-state index in [1.165, 1.54) is 30.2 Å². The lowest BCUT2D eigenvalue weighted by Crippen LogP contribution is -2.22. The molecule has 0 saturated heterocycles. The molecule has 0 bridgehead atoms. The number of fused-ring (bicyclic) bond motifs is 1. The number of alkyl halides is 2. The van der Waals surface area contributed by atoms with Crippen molar-refractivity contribution in [3.63, 3.8) is 0 Å². The number of methoxy groups -OCH3 is 1. The standard InChI is InChI=1S/C22H28F2N6O2/c1-4-13(2)14-5-7-15(8-6-14)29-12-18(19(28-29)20(23)24)27-22(31)17-10-26-30-11-16(32-3)9-25-21(17)30/h9-15,20H,4-8H2,1-3H3,(H,27,31). The predicted molar refractivity (Wildman–Crippen MR) is 115 cm³/mol. The summed E-state index contributed by atoms with van der Waals surface area (Å²) in [4.78, 5) is 17.0. The molecular weight excluding hydrogens is 418 g/mol. The van der Waals surface area contributed by atoms with Crippen LogP contribution in [-0.4, -0.2) is 37.4 Å². The maximum absolute atomic E-state index is 13.7. The number of rotatable bonds is 7. The van der Waals surface area contributed by atoms with Crippen LogP contribution >= 0.6 is 0 Å². The first-order valence-corrected chi connectivity index (χ1v) is 11.0. The number of carbonyl (C=O) groups excluding carboxylic acids is 1. The fourth-order valence-corrected chi connectivity index (χ4v) is 4.43. The molecule has 1 aliphatic rings. The number of nitrogens with zero attached hydrogens (tertiary/aromatic N) is 5. The van der Waals surface area contributed by atoms with Gasteiger partial charge in [-0.15, -0.1) is 0 Å². The van der Waals surface area contributed by atoms with Gasteiger partial charge in [-0.2, -0.15) is 10.2 Å². The van der Waals surface area contributed by atoms with Crippen molar-refractivity contribution in [2.45, 2.75) is 58.4 Å². The average molecular weight is 447 g/mol. The lowest BCUT2D eigenvalue weighted by atomic mass is 9.78. The van der Waals surface area contributed by atoms with Gasteiger partial charge in [0, 0.05) is 6.20 Å². The molecule has 0 aliphatic heterocycles. The van der Waals surface area contributed by atoms with Crippen molar-refractivity contribution < 1.29 is 18.3 Å². The highest BCUT2D eigenvalue weighted by Crippen LogP contribution is 2.38. The maximum Gasteiger partial charge on any atom is 0.284 e. The molecule has 3 aromatic heterocycles. The normalized spacial score (nSPS) is 19.9. The van der Waals surface area contributed by atoms with Crippen LogP contribution in [0.4, 0.5) is 14.5 Å². The lowest BCUT2D eigenvalue weighted by molar-refractivity contribution is 0.102. The second kappa shape index (κ2) is 9.22. The van der Waals surface area contributed by atoms with E-state index in [0.717, 1.165) is 32.1 Å². The van der Waals surface area contributed by atoms with Gasteiger partial charge < -0.3 is 10.1 Å². The van der Waals surface area contributed by atoms with Crippen LogP contribution < -0.4 is 10.1 Å². The first kappa shape index (κ1) is 22.2. The van der Waals surface area contributed by atoms with Crippen molar-refractivity contribution in [3.8, 4) is 5.75 Å². The van der Waals surface area contributed by atoms with Gasteiger partial charge in [0.2, 0.25) is 0 Å². The highest BCUT2D eigenvalue weighted by molar-refractivity contribution is 6.08. The Bertz CT molecular complexity index is 1090. The Morgan fingerprint density at radius 1 is 1.25 bits per heavy atom. The van der Waals surface area contributed by atoms with Crippen LogP contribution in [0.3, 0.4) is 0 Å². The first-order chi connectivity index (χ1) is 15.4. The Labute approximate surface area is 185 Å². The number of nitrogens with one attached hydrogen (secondary N) is 1. The summed E-state index contributed by atoms with van der Waals surface area (Å²) < 4.78 is 35.5. The zero-order valence-electron chi connectivity index (χ0n) is 18.5. The number of ether oxygens (including phenoxy) is 1. The number of hydrogen-bond donors (Lipinski definition) is 1. The molecular formula is C22H28F2N6O2. The summed E-state index contributed by atoms with van der Waals surface area (Å²) in [5, 5.41) is 10.8. The molecule has 0 aromatic carbocycles. The molecule has 1 N–H and O–H groups in total. The van der Waals surface area contributed by atoms with E-state index in [-0.39, 0.29) is 17.3 Å². The molecule has 32 heavy (non-hydrogen) atoms. The van der Waals surface area contributed by atoms with E-state index in [4.69, 9.17) is 4.74 Å². The predicted octanol–water partition coefficient (Wildman–Crippen LogP) is 4.90. The highest BCUT2D eigenvalue weighted by atomic mass is 19.3. The Morgan fingerprint density at radius 3 is 2.66 bits per heavy atom. The summed E-state index contributed by atoms with van der Waals surface area (Å²) in [6.45, 7) is 4.47. The van der Waals surface area contributed by atoms with Crippen LogP contribution in [0.15, 0.2) is 24.8 Å². The Hall–Kier alpha value is -3.04. The van der Waals surface area contributed by atoms with Crippen LogP contribution in [0.1, 0.15) is 74.5 Å². The van der Waals surface area contributed by atoms with Gasteiger partial charge in [0.15, 0.2) is 17.1 Å². The minimum Gasteiger partial charge on any atom is -0.494 e. The minimum absolute atomic E-state index is 0.0157. The van der Waals surface area contributed by atoms with Crippen molar-refractivity contribution in [2.75, 3.05) is 12.4 Å². The molecule has 1 amide bonds. The fraction of sp³-hybridized carbons (Fsp3) is 0.545. The summed E-state index contributed by atoms with van der Waals surface area (Å²) in [6.07, 6.45) is 8.17. The molecule has 0 radical (unpaired) electrons. The summed E-state index contributed by atoms with van der Waals surface area (Å²) in [5.41, 5.74) is 0.0720. The van der Waals surface area contributed by atoms with E-state index in [0.29, 0.717) is 23.2 Å². The molecule has 1 fully saturated rings. The van der Waals surface area contributed by atoms with Crippen LogP contribution in [0.5, 0.6) is 5.75 Å². The Morgan fingerprint density at radius 2 is 2.00 bits per heavy atom. The molecule has 0 spiro atoms. The number of anilines is 1. The monoisotopic (exact) mass is 446 g/mol. The number of hydrogen-bond acceptors (Lipinski definition) is 5. The smallest absolute Gasteiger partial charge is 0.284 e. The Balaban J connectivity index is 1.53. The molecule has 4 rings (SSSR count). The molecule has 1 atom stereocenters. The second-order valence-electron chi connectivity index (χ2n) is 8.44. The molecule has 3 heterocycles. The van der Waals surface area contributed by atoms with E-state index in [9.17, 15) is 13.6 Å². The van der Waals surface area contributed by atoms with Crippen molar-refractivity contribution in [1.29, 1.82) is 0 Å². The SMILES string of the molecule is CCC(C)C1CCC(n2cc(NC(=O)c3cnn4cc(OC)cnc34)c(C(F)F)n2)CC1. The third-order valence-corrected chi connectivity index (χ3v) is 6.59. The molecule has 172 valence electrons. The molecule has 1 unspecified atom stereocenters. The highest BCUT2D eigenvalue weighted by Gasteiger charge is 2.28. The van der Waals surface area contributed by atoms with Gasteiger partial charge in [0.25, 0.3) is 12.3 Å². The summed E-state index contributed by atoms with van der Waals surface area (Å²) >= 11 is 0. The van der Waals surface area contributed by atoms with Crippen molar-refractivity contribution in [1.82, 2.24) is 24.4 Å². The summed E-state index contributed by atoms with van der Waals surface area (Å²) in [6, 6.07) is 0.0598. The van der Waals surface area contributed by atoms with Gasteiger partial charge in [0.1, 0.15) is 5.56 Å². The van der Waals surface area contributed by atoms with E-state index < -0.39 is 18.0 Å². The minimum atomic E-state index is -2.80. The number of halogens is 2. The van der Waals surface area contributed by atoms with Crippen LogP contribution in [0.25, 0.3) is 5.65 Å². The number of carbonyl (C=O) groups is 1. The third-order valence-electron chi connectivity index (χ3n) is 6.59. The van der Waals surface area contributed by atoms with Crippen molar-refractivity contribution in [3.05, 3.63) is 36.0 Å². The molecule has 10 heteroatoms. The number of amides is 1. The summed E-state index contributed by atoms with van der Waals surface area (Å²) in [7, 11) is 1.50. The molecule has 1 aliphatic carbocycles. The zero-order chi connectivity index (χ0) is 22.8. The van der Waals surface area contributed by atoms with Crippen LogP contribution in [0, 0.1) is 11.8 Å². The zero-order valence-corrected chi connectivity index (χ0v) is 18.5. The lowest BCUT2D eigenvalue weighted by Gasteiger charge is -2.32. The van der Waals surface area contributed by atoms with Crippen LogP contribution in [0.2, 0.25) is 0 Å². The van der Waals surface area contributed by atoms with Gasteiger partial charge in [-0.1, -0.05) is 20.3 Å². The van der Waals surface area contributed by atoms with Crippen molar-refractivity contribution >= 4 is 17.2 Å². The first-order valence-electron chi connectivity index (χ1n) is 11.0. The van der Waals surface area contributed by atoms with E-state index in [1.807, 2.05) is 0 Å². The Kier molecular flexibility index (Phi) is 6.38. The van der Waals surface area contributed by atoms with Gasteiger partial charge in [0.05, 0.1) is 37.4 Å². The van der Waals surface area contributed by atoms with Gasteiger partial charge in [-0.25, -0.2) is 18.3 Å². The quantitative estimate of drug-likeness (QED) is 0.558. The van der Waals surface area contributed by atoms with E-state index in [2.05, 4.69) is 34.3 Å². The fourth-order valence-electron chi connectivity index (χ4n) is 4.43. The van der Waals surface area contributed by atoms with E-state index >= 15 is 0 Å². The summed E-state index contributed by atoms with van der Waals surface area (Å²) in [5.74, 6) is 1.25. The van der Waals surface area contributed by atoms with Crippen LogP contribution in [-0.2, 0) is 0 Å². The topological polar surface area (TPSA) is 86.3 Å². The van der Waals surface area contributed by atoms with Crippen molar-refractivity contribution in [2.24, 2.45) is 11.8 Å².